The van der Waals surface area contributed by atoms with Crippen LogP contribution in [0.3, 0.4) is 0 Å². The van der Waals surface area contributed by atoms with E-state index in [-0.39, 0.29) is 5.69 Å². The molecule has 1 aromatic rings. The number of hydrogen-bond acceptors (Lipinski definition) is 2. The van der Waals surface area contributed by atoms with E-state index >= 15 is 0 Å². The highest BCUT2D eigenvalue weighted by molar-refractivity contribution is 5.89. The van der Waals surface area contributed by atoms with Gasteiger partial charge < -0.3 is 15.4 Å². The van der Waals surface area contributed by atoms with Gasteiger partial charge in [-0.05, 0) is 31.4 Å². The first-order valence-corrected chi connectivity index (χ1v) is 7.76. The van der Waals surface area contributed by atoms with Crippen LogP contribution in [0.4, 0.5) is 19.3 Å². The smallest absolute Gasteiger partial charge is 0.319 e. The second-order valence-corrected chi connectivity index (χ2v) is 5.52. The maximum absolute atomic E-state index is 13.0. The van der Waals surface area contributed by atoms with Crippen molar-refractivity contribution in [2.45, 2.75) is 44.6 Å². The third-order valence-corrected chi connectivity index (χ3v) is 3.63. The number of carbonyl (C=O) groups is 1. The lowest BCUT2D eigenvalue weighted by atomic mass is 9.98. The Morgan fingerprint density at radius 2 is 1.82 bits per heavy atom. The molecule has 0 atom stereocenters. The lowest BCUT2D eigenvalue weighted by Gasteiger charge is -2.21. The van der Waals surface area contributed by atoms with E-state index < -0.39 is 17.7 Å². The zero-order valence-electron chi connectivity index (χ0n) is 12.5. The second kappa shape index (κ2) is 8.68. The SMILES string of the molecule is O=C(NCCCOC1CCCCC1)Nc1cc(F)cc(F)c1. The molecular weight excluding hydrogens is 290 g/mol. The Bertz CT molecular complexity index is 471. The number of halogens is 2. The summed E-state index contributed by atoms with van der Waals surface area (Å²) in [7, 11) is 0. The molecule has 2 rings (SSSR count). The normalized spacial score (nSPS) is 15.5. The molecule has 0 heterocycles. The number of anilines is 1. The van der Waals surface area contributed by atoms with Gasteiger partial charge in [-0.1, -0.05) is 19.3 Å². The summed E-state index contributed by atoms with van der Waals surface area (Å²) in [6.45, 7) is 1.07. The highest BCUT2D eigenvalue weighted by Crippen LogP contribution is 2.20. The quantitative estimate of drug-likeness (QED) is 0.784. The average molecular weight is 312 g/mol. The predicted molar refractivity (Wildman–Crippen MR) is 80.8 cm³/mol. The summed E-state index contributed by atoms with van der Waals surface area (Å²) in [6.07, 6.45) is 7.07. The van der Waals surface area contributed by atoms with Crippen LogP contribution in [0.2, 0.25) is 0 Å². The van der Waals surface area contributed by atoms with E-state index in [1.54, 1.807) is 0 Å². The van der Waals surface area contributed by atoms with Gasteiger partial charge in [0, 0.05) is 24.9 Å². The summed E-state index contributed by atoms with van der Waals surface area (Å²) in [6, 6.07) is 2.40. The Morgan fingerprint density at radius 3 is 2.50 bits per heavy atom. The first kappa shape index (κ1) is 16.7. The van der Waals surface area contributed by atoms with Gasteiger partial charge >= 0.3 is 6.03 Å². The van der Waals surface area contributed by atoms with Crippen LogP contribution in [0.25, 0.3) is 0 Å². The molecule has 1 saturated carbocycles. The minimum Gasteiger partial charge on any atom is -0.378 e. The number of carbonyl (C=O) groups excluding carboxylic acids is 1. The molecule has 0 unspecified atom stereocenters. The Kier molecular flexibility index (Phi) is 6.58. The molecule has 2 N–H and O–H groups in total. The molecule has 22 heavy (non-hydrogen) atoms. The van der Waals surface area contributed by atoms with Crippen LogP contribution in [0.15, 0.2) is 18.2 Å². The molecule has 6 heteroatoms. The standard InChI is InChI=1S/C16H22F2N2O2/c17-12-9-13(18)11-14(10-12)20-16(21)19-7-4-8-22-15-5-2-1-3-6-15/h9-11,15H,1-8H2,(H2,19,20,21). The van der Waals surface area contributed by atoms with Gasteiger partial charge in [-0.2, -0.15) is 0 Å². The van der Waals surface area contributed by atoms with Crippen LogP contribution in [0.1, 0.15) is 38.5 Å². The van der Waals surface area contributed by atoms with Crippen molar-refractivity contribution in [3.8, 4) is 0 Å². The molecule has 1 aliphatic carbocycles. The second-order valence-electron chi connectivity index (χ2n) is 5.52. The van der Waals surface area contributed by atoms with E-state index in [9.17, 15) is 13.6 Å². The van der Waals surface area contributed by atoms with Gasteiger partial charge in [-0.25, -0.2) is 13.6 Å². The summed E-state index contributed by atoms with van der Waals surface area (Å²) in [5, 5.41) is 5.03. The molecule has 0 bridgehead atoms. The Labute approximate surface area is 129 Å². The van der Waals surface area contributed by atoms with Crippen molar-refractivity contribution < 1.29 is 18.3 Å². The number of urea groups is 1. The fourth-order valence-corrected chi connectivity index (χ4v) is 2.56. The number of hydrogen-bond donors (Lipinski definition) is 2. The van der Waals surface area contributed by atoms with Crippen LogP contribution in [-0.2, 0) is 4.74 Å². The summed E-state index contributed by atoms with van der Waals surface area (Å²) < 4.78 is 31.7. The van der Waals surface area contributed by atoms with Crippen molar-refractivity contribution in [3.05, 3.63) is 29.8 Å². The molecule has 2 amide bonds. The van der Waals surface area contributed by atoms with E-state index in [0.29, 0.717) is 25.7 Å². The average Bonchev–Trinajstić information content (AvgIpc) is 2.47. The van der Waals surface area contributed by atoms with Gasteiger partial charge in [0.05, 0.1) is 6.10 Å². The zero-order valence-corrected chi connectivity index (χ0v) is 12.5. The molecule has 0 saturated heterocycles. The lowest BCUT2D eigenvalue weighted by molar-refractivity contribution is 0.0276. The van der Waals surface area contributed by atoms with Gasteiger partial charge in [0.25, 0.3) is 0 Å². The molecule has 0 radical (unpaired) electrons. The monoisotopic (exact) mass is 312 g/mol. The number of amides is 2. The van der Waals surface area contributed by atoms with Crippen molar-refractivity contribution in [2.75, 3.05) is 18.5 Å². The van der Waals surface area contributed by atoms with Crippen molar-refractivity contribution in [1.82, 2.24) is 5.32 Å². The number of rotatable bonds is 6. The summed E-state index contributed by atoms with van der Waals surface area (Å²) in [5.74, 6) is -1.45. The Hall–Kier alpha value is -1.69. The summed E-state index contributed by atoms with van der Waals surface area (Å²) >= 11 is 0. The summed E-state index contributed by atoms with van der Waals surface area (Å²) in [4.78, 5) is 11.6. The molecule has 0 spiro atoms. The minimum absolute atomic E-state index is 0.0912. The Balaban J connectivity index is 1.59. The van der Waals surface area contributed by atoms with E-state index in [2.05, 4.69) is 10.6 Å². The van der Waals surface area contributed by atoms with Crippen LogP contribution in [0, 0.1) is 11.6 Å². The van der Waals surface area contributed by atoms with Gasteiger partial charge in [0.15, 0.2) is 0 Å². The van der Waals surface area contributed by atoms with Gasteiger partial charge in [-0.3, -0.25) is 0 Å². The largest absolute Gasteiger partial charge is 0.378 e. The third kappa shape index (κ3) is 5.97. The number of benzene rings is 1. The van der Waals surface area contributed by atoms with Crippen LogP contribution in [0.5, 0.6) is 0 Å². The van der Waals surface area contributed by atoms with Crippen LogP contribution < -0.4 is 10.6 Å². The molecule has 122 valence electrons. The number of ether oxygens (including phenoxy) is 1. The molecule has 1 aromatic carbocycles. The lowest BCUT2D eigenvalue weighted by Crippen LogP contribution is -2.30. The topological polar surface area (TPSA) is 50.4 Å². The summed E-state index contributed by atoms with van der Waals surface area (Å²) in [5.41, 5.74) is 0.0912. The highest BCUT2D eigenvalue weighted by atomic mass is 19.1. The van der Waals surface area contributed by atoms with Crippen molar-refractivity contribution in [2.24, 2.45) is 0 Å². The molecule has 1 aliphatic rings. The van der Waals surface area contributed by atoms with Crippen LogP contribution in [-0.4, -0.2) is 25.3 Å². The first-order valence-electron chi connectivity index (χ1n) is 7.76. The first-order chi connectivity index (χ1) is 10.6. The van der Waals surface area contributed by atoms with E-state index in [4.69, 9.17) is 4.74 Å². The molecular formula is C16H22F2N2O2. The van der Waals surface area contributed by atoms with E-state index in [1.165, 1.54) is 19.3 Å². The Morgan fingerprint density at radius 1 is 1.14 bits per heavy atom. The molecule has 1 fully saturated rings. The highest BCUT2D eigenvalue weighted by Gasteiger charge is 2.13. The number of nitrogens with one attached hydrogen (secondary N) is 2. The third-order valence-electron chi connectivity index (χ3n) is 3.63. The fraction of sp³-hybridized carbons (Fsp3) is 0.562. The maximum atomic E-state index is 13.0. The molecule has 4 nitrogen and oxygen atoms in total. The van der Waals surface area contributed by atoms with Gasteiger partial charge in [0.2, 0.25) is 0 Å². The zero-order chi connectivity index (χ0) is 15.8. The van der Waals surface area contributed by atoms with Gasteiger partial charge in [0.1, 0.15) is 11.6 Å². The van der Waals surface area contributed by atoms with E-state index in [0.717, 1.165) is 31.0 Å². The molecule has 0 aromatic heterocycles. The minimum atomic E-state index is -0.726. The van der Waals surface area contributed by atoms with E-state index in [1.807, 2.05) is 0 Å². The van der Waals surface area contributed by atoms with Gasteiger partial charge in [-0.15, -0.1) is 0 Å². The maximum Gasteiger partial charge on any atom is 0.319 e. The van der Waals surface area contributed by atoms with Crippen molar-refractivity contribution >= 4 is 11.7 Å². The molecule has 0 aliphatic heterocycles. The van der Waals surface area contributed by atoms with Crippen molar-refractivity contribution in [3.63, 3.8) is 0 Å². The fourth-order valence-electron chi connectivity index (χ4n) is 2.56. The van der Waals surface area contributed by atoms with Crippen LogP contribution >= 0.6 is 0 Å². The predicted octanol–water partition coefficient (Wildman–Crippen LogP) is 3.83. The van der Waals surface area contributed by atoms with Crippen molar-refractivity contribution in [1.29, 1.82) is 0 Å².